The van der Waals surface area contributed by atoms with Crippen LogP contribution in [0.3, 0.4) is 0 Å². The second-order valence-electron chi connectivity index (χ2n) is 7.28. The van der Waals surface area contributed by atoms with Crippen LogP contribution in [0.4, 0.5) is 0 Å². The molecule has 0 unspecified atom stereocenters. The number of rotatable bonds is 5. The van der Waals surface area contributed by atoms with Gasteiger partial charge in [-0.25, -0.2) is 9.67 Å². The molecule has 0 saturated carbocycles. The quantitative estimate of drug-likeness (QED) is 0.266. The molecule has 3 heterocycles. The van der Waals surface area contributed by atoms with E-state index in [4.69, 9.17) is 47.4 Å². The molecule has 0 fully saturated rings. The topological polar surface area (TPSA) is 90.9 Å². The highest BCUT2D eigenvalue weighted by atomic mass is 35.5. The molecule has 0 amide bonds. The van der Waals surface area contributed by atoms with Crippen LogP contribution >= 0.6 is 46.3 Å². The Morgan fingerprint density at radius 1 is 1.12 bits per heavy atom. The Labute approximate surface area is 209 Å². The van der Waals surface area contributed by atoms with Crippen LogP contribution in [0.5, 0.6) is 0 Å². The van der Waals surface area contributed by atoms with E-state index in [0.29, 0.717) is 15.3 Å². The number of hydrogen-bond acceptors (Lipinski definition) is 8. The second kappa shape index (κ2) is 10.7. The van der Waals surface area contributed by atoms with E-state index in [2.05, 4.69) is 19.0 Å². The summed E-state index contributed by atoms with van der Waals surface area (Å²) in [5.41, 5.74) is 5.55. The number of halogens is 2. The predicted molar refractivity (Wildman–Crippen MR) is 130 cm³/mol. The highest BCUT2D eigenvalue weighted by Gasteiger charge is 2.21. The molecule has 0 aliphatic carbocycles. The molecule has 0 spiro atoms. The zero-order valence-electron chi connectivity index (χ0n) is 18.5. The SMILES string of the molecule is Cc1nn(-c2nc(-c3ccc(Cl)c(Cl)c3)c(SC(C)C)s2)cc1-c1c(C)noc1C.O=C=O. The minimum absolute atomic E-state index is 0.250. The lowest BCUT2D eigenvalue weighted by molar-refractivity contribution is -0.191. The first-order valence-electron chi connectivity index (χ1n) is 9.78. The van der Waals surface area contributed by atoms with Crippen molar-refractivity contribution >= 4 is 52.5 Å². The minimum Gasteiger partial charge on any atom is -0.361 e. The third-order valence-electron chi connectivity index (χ3n) is 4.52. The summed E-state index contributed by atoms with van der Waals surface area (Å²) in [4.78, 5) is 21.2. The fourth-order valence-corrected chi connectivity index (χ4v) is 5.93. The van der Waals surface area contributed by atoms with Crippen molar-refractivity contribution in [1.29, 1.82) is 0 Å². The van der Waals surface area contributed by atoms with Crippen LogP contribution in [0.2, 0.25) is 10.0 Å². The number of thiazole rings is 1. The molecule has 0 aliphatic heterocycles. The number of aryl methyl sites for hydroxylation is 3. The summed E-state index contributed by atoms with van der Waals surface area (Å²) in [6, 6.07) is 5.60. The summed E-state index contributed by atoms with van der Waals surface area (Å²) < 4.78 is 8.28. The molecule has 4 aromatic rings. The van der Waals surface area contributed by atoms with Crippen molar-refractivity contribution in [2.45, 2.75) is 44.1 Å². The van der Waals surface area contributed by atoms with Gasteiger partial charge in [-0.3, -0.25) is 0 Å². The van der Waals surface area contributed by atoms with Crippen molar-refractivity contribution in [3.8, 4) is 27.5 Å². The number of aromatic nitrogens is 4. The Bertz CT molecular complexity index is 1300. The highest BCUT2D eigenvalue weighted by molar-refractivity contribution is 8.01. The van der Waals surface area contributed by atoms with Crippen LogP contribution < -0.4 is 0 Å². The van der Waals surface area contributed by atoms with Gasteiger partial charge in [-0.1, -0.05) is 59.6 Å². The maximum atomic E-state index is 8.12. The summed E-state index contributed by atoms with van der Waals surface area (Å²) in [5, 5.41) is 11.0. The lowest BCUT2D eigenvalue weighted by Crippen LogP contribution is -1.94. The van der Waals surface area contributed by atoms with Crippen LogP contribution in [-0.4, -0.2) is 31.3 Å². The Morgan fingerprint density at radius 2 is 1.82 bits per heavy atom. The van der Waals surface area contributed by atoms with E-state index in [0.717, 1.165) is 48.9 Å². The average Bonchev–Trinajstić information content (AvgIpc) is 3.42. The highest BCUT2D eigenvalue weighted by Crippen LogP contribution is 2.41. The first-order valence-corrected chi connectivity index (χ1v) is 12.2. The number of hydrogen-bond donors (Lipinski definition) is 0. The van der Waals surface area contributed by atoms with Gasteiger partial charge in [0.15, 0.2) is 0 Å². The van der Waals surface area contributed by atoms with Crippen molar-refractivity contribution < 1.29 is 14.1 Å². The summed E-state index contributed by atoms with van der Waals surface area (Å²) in [5.74, 6) is 0.779. The molecule has 0 radical (unpaired) electrons. The fraction of sp³-hybridized carbons (Fsp3) is 0.273. The van der Waals surface area contributed by atoms with Crippen LogP contribution in [0.25, 0.3) is 27.5 Å². The Kier molecular flexibility index (Phi) is 8.15. The molecule has 4 rings (SSSR count). The number of benzene rings is 1. The Morgan fingerprint density at radius 3 is 2.39 bits per heavy atom. The maximum absolute atomic E-state index is 8.12. The van der Waals surface area contributed by atoms with Gasteiger partial charge in [0.1, 0.15) is 5.76 Å². The molecule has 0 N–H and O–H groups in total. The molecule has 0 atom stereocenters. The zero-order chi connectivity index (χ0) is 24.3. The normalized spacial score (nSPS) is 10.8. The Hall–Kier alpha value is -2.42. The summed E-state index contributed by atoms with van der Waals surface area (Å²) >= 11 is 15.8. The monoisotopic (exact) mass is 522 g/mol. The van der Waals surface area contributed by atoms with Gasteiger partial charge in [0.25, 0.3) is 0 Å². The number of carbonyl (C=O) groups excluding carboxylic acids is 2. The van der Waals surface area contributed by atoms with Crippen LogP contribution in [0.1, 0.15) is 31.0 Å². The molecular formula is C22H20Cl2N4O3S2. The first-order chi connectivity index (χ1) is 15.7. The summed E-state index contributed by atoms with van der Waals surface area (Å²) in [6.07, 6.45) is 2.24. The fourth-order valence-electron chi connectivity index (χ4n) is 3.18. The molecule has 3 aromatic heterocycles. The zero-order valence-corrected chi connectivity index (χ0v) is 21.6. The molecule has 0 aliphatic rings. The van der Waals surface area contributed by atoms with Crippen molar-refractivity contribution in [1.82, 2.24) is 19.9 Å². The number of nitrogens with zero attached hydrogens (tertiary/aromatic N) is 4. The molecule has 11 heteroatoms. The van der Waals surface area contributed by atoms with Gasteiger partial charge in [-0.2, -0.15) is 14.7 Å². The summed E-state index contributed by atoms with van der Waals surface area (Å²) in [7, 11) is 0. The van der Waals surface area contributed by atoms with Crippen LogP contribution in [-0.2, 0) is 9.59 Å². The standard InChI is InChI=1S/C21H20Cl2N4OS2.CO2/c1-10(2)29-20-19(14-6-7-16(22)17(23)8-14)24-21(30-20)27-9-15(11(3)25-27)18-12(4)26-28-13(18)5;2-1-3/h6-10H,1-5H3;. The average molecular weight is 523 g/mol. The molecule has 172 valence electrons. The third-order valence-corrected chi connectivity index (χ3v) is 7.51. The van der Waals surface area contributed by atoms with E-state index < -0.39 is 0 Å². The Balaban J connectivity index is 0.000000968. The van der Waals surface area contributed by atoms with Crippen LogP contribution in [0, 0.1) is 20.8 Å². The van der Waals surface area contributed by atoms with E-state index in [9.17, 15) is 0 Å². The van der Waals surface area contributed by atoms with E-state index in [-0.39, 0.29) is 6.15 Å². The third kappa shape index (κ3) is 5.57. The van der Waals surface area contributed by atoms with E-state index in [1.807, 2.05) is 43.8 Å². The molecule has 0 saturated heterocycles. The number of thioether (sulfide) groups is 1. The predicted octanol–water partition coefficient (Wildman–Crippen LogP) is 6.80. The molecular weight excluding hydrogens is 503 g/mol. The maximum Gasteiger partial charge on any atom is 0.373 e. The van der Waals surface area contributed by atoms with Crippen molar-refractivity contribution in [2.75, 3.05) is 0 Å². The smallest absolute Gasteiger partial charge is 0.361 e. The molecule has 7 nitrogen and oxygen atoms in total. The summed E-state index contributed by atoms with van der Waals surface area (Å²) in [6.45, 7) is 10.2. The first kappa shape index (κ1) is 25.2. The van der Waals surface area contributed by atoms with Gasteiger partial charge in [0.2, 0.25) is 5.13 Å². The van der Waals surface area contributed by atoms with Crippen LogP contribution in [0.15, 0.2) is 33.1 Å². The van der Waals surface area contributed by atoms with Crippen molar-refractivity contribution in [3.63, 3.8) is 0 Å². The lowest BCUT2D eigenvalue weighted by atomic mass is 10.1. The van der Waals surface area contributed by atoms with Gasteiger partial charge < -0.3 is 4.52 Å². The van der Waals surface area contributed by atoms with Gasteiger partial charge in [-0.05, 0) is 32.9 Å². The van der Waals surface area contributed by atoms with Crippen molar-refractivity contribution in [3.05, 3.63) is 51.6 Å². The minimum atomic E-state index is 0.250. The van der Waals surface area contributed by atoms with Gasteiger partial charge in [0.05, 0.1) is 36.9 Å². The molecule has 0 bridgehead atoms. The van der Waals surface area contributed by atoms with E-state index >= 15 is 0 Å². The lowest BCUT2D eigenvalue weighted by Gasteiger charge is -2.05. The van der Waals surface area contributed by atoms with Gasteiger partial charge in [-0.15, -0.1) is 11.8 Å². The van der Waals surface area contributed by atoms with Gasteiger partial charge in [0, 0.05) is 22.6 Å². The molecule has 1 aromatic carbocycles. The molecule has 33 heavy (non-hydrogen) atoms. The van der Waals surface area contributed by atoms with Gasteiger partial charge >= 0.3 is 6.15 Å². The largest absolute Gasteiger partial charge is 0.373 e. The van der Waals surface area contributed by atoms with E-state index in [1.165, 1.54) is 0 Å². The van der Waals surface area contributed by atoms with Crippen molar-refractivity contribution in [2.24, 2.45) is 0 Å². The second-order valence-corrected chi connectivity index (χ2v) is 10.9. The van der Waals surface area contributed by atoms with E-state index in [1.54, 1.807) is 29.2 Å².